The maximum absolute atomic E-state index is 8.00. The lowest BCUT2D eigenvalue weighted by Crippen LogP contribution is -1.69. The van der Waals surface area contributed by atoms with Crippen LogP contribution in [0.15, 0.2) is 0 Å². The molecule has 0 aliphatic rings. The van der Waals surface area contributed by atoms with Crippen molar-refractivity contribution in [2.75, 3.05) is 0 Å². The van der Waals surface area contributed by atoms with E-state index in [1.165, 1.54) is 12.4 Å². The molecule has 0 aromatic carbocycles. The monoisotopic (exact) mass is 114 g/mol. The van der Waals surface area contributed by atoms with Crippen LogP contribution in [-0.4, -0.2) is 6.79 Å². The molecule has 0 amide bonds. The standard InChI is InChI=1S/2CH2N2.CH2O/c2*2-1-3;1-2/h2*2H2;1H2. The highest BCUT2D eigenvalue weighted by molar-refractivity contribution is 5.10. The van der Waals surface area contributed by atoms with E-state index in [2.05, 4.69) is 11.5 Å². The smallest absolute Gasteiger partial charge is 0.173 e. The van der Waals surface area contributed by atoms with Crippen LogP contribution in [0.2, 0.25) is 0 Å². The average Bonchev–Trinajstić information content (AvgIpc) is 1.75. The van der Waals surface area contributed by atoms with Gasteiger partial charge in [0.25, 0.3) is 0 Å². The van der Waals surface area contributed by atoms with E-state index in [1.54, 1.807) is 0 Å². The van der Waals surface area contributed by atoms with Crippen LogP contribution in [0.5, 0.6) is 0 Å². The second-order valence-corrected chi connectivity index (χ2v) is 0.258. The van der Waals surface area contributed by atoms with Gasteiger partial charge in [-0.1, -0.05) is 0 Å². The zero-order valence-corrected chi connectivity index (χ0v) is 4.16. The molecule has 0 atom stereocenters. The first-order valence-electron chi connectivity index (χ1n) is 1.31. The Bertz CT molecular complexity index is 76.4. The number of nitriles is 2. The Hall–Kier alpha value is -1.75. The van der Waals surface area contributed by atoms with Gasteiger partial charge in [-0.3, -0.25) is 0 Å². The Balaban J connectivity index is -0.0000000483. The summed E-state index contributed by atoms with van der Waals surface area (Å²) < 4.78 is 0. The van der Waals surface area contributed by atoms with Crippen molar-refractivity contribution in [2.24, 2.45) is 11.5 Å². The first-order chi connectivity index (χ1) is 3.83. The molecule has 5 heteroatoms. The minimum Gasteiger partial charge on any atom is -0.337 e. The largest absolute Gasteiger partial charge is 0.337 e. The van der Waals surface area contributed by atoms with E-state index >= 15 is 0 Å². The third-order valence-corrected chi connectivity index (χ3v) is 0. The SMILES string of the molecule is C=O.N#CN.N#CN. The van der Waals surface area contributed by atoms with Crippen LogP contribution in [-0.2, 0) is 4.79 Å². The maximum atomic E-state index is 8.00. The Labute approximate surface area is 47.1 Å². The molecule has 0 fully saturated rings. The summed E-state index contributed by atoms with van der Waals surface area (Å²) in [5.41, 5.74) is 8.31. The lowest BCUT2D eigenvalue weighted by Gasteiger charge is -1.24. The summed E-state index contributed by atoms with van der Waals surface area (Å²) in [5.74, 6) is 0. The van der Waals surface area contributed by atoms with Crippen molar-refractivity contribution in [2.45, 2.75) is 0 Å². The predicted molar refractivity (Wildman–Crippen MR) is 26.7 cm³/mol. The third-order valence-electron chi connectivity index (χ3n) is 0. The highest BCUT2D eigenvalue weighted by Gasteiger charge is 1.12. The molecule has 0 aromatic rings. The predicted octanol–water partition coefficient (Wildman–Crippen LogP) is -1.33. The Kier molecular flexibility index (Phi) is 3090. The van der Waals surface area contributed by atoms with Crippen molar-refractivity contribution in [3.63, 3.8) is 0 Å². The molecule has 0 rings (SSSR count). The number of hydrogen-bond donors (Lipinski definition) is 2. The van der Waals surface area contributed by atoms with E-state index in [0.29, 0.717) is 0 Å². The molecule has 0 aliphatic carbocycles. The van der Waals surface area contributed by atoms with Gasteiger partial charge in [0.05, 0.1) is 0 Å². The van der Waals surface area contributed by atoms with Crippen LogP contribution in [0.25, 0.3) is 0 Å². The fourth-order valence-electron chi connectivity index (χ4n) is 0. The molecule has 0 aromatic heterocycles. The summed E-state index contributed by atoms with van der Waals surface area (Å²) in [6.45, 7) is 2.00. The number of hydrogen-bond acceptors (Lipinski definition) is 5. The van der Waals surface area contributed by atoms with Crippen molar-refractivity contribution < 1.29 is 4.79 Å². The van der Waals surface area contributed by atoms with Gasteiger partial charge in [-0.05, 0) is 0 Å². The first-order valence-corrected chi connectivity index (χ1v) is 1.31. The van der Waals surface area contributed by atoms with Gasteiger partial charge in [0.15, 0.2) is 12.4 Å². The van der Waals surface area contributed by atoms with E-state index in [0.717, 1.165) is 0 Å². The van der Waals surface area contributed by atoms with Crippen molar-refractivity contribution in [3.05, 3.63) is 0 Å². The van der Waals surface area contributed by atoms with Gasteiger partial charge >= 0.3 is 0 Å². The summed E-state index contributed by atoms with van der Waals surface area (Å²) in [4.78, 5) is 8.00. The highest BCUT2D eigenvalue weighted by atomic mass is 16.1. The molecule has 4 N–H and O–H groups in total. The van der Waals surface area contributed by atoms with E-state index in [9.17, 15) is 0 Å². The highest BCUT2D eigenvalue weighted by Crippen LogP contribution is 0.903. The number of carbonyl (C=O) groups is 1. The van der Waals surface area contributed by atoms with E-state index in [4.69, 9.17) is 15.3 Å². The lowest BCUT2D eigenvalue weighted by atomic mass is 11.5. The number of rotatable bonds is 0. The van der Waals surface area contributed by atoms with Gasteiger partial charge in [0.2, 0.25) is 0 Å². The third kappa shape index (κ3) is 14.7. The van der Waals surface area contributed by atoms with Crippen LogP contribution in [0.3, 0.4) is 0 Å². The summed E-state index contributed by atoms with van der Waals surface area (Å²) in [6.07, 6.45) is 2.50. The van der Waals surface area contributed by atoms with Gasteiger partial charge in [0, 0.05) is 0 Å². The number of nitrogens with two attached hydrogens (primary N) is 2. The fourth-order valence-corrected chi connectivity index (χ4v) is 0. The molecule has 0 saturated heterocycles. The molecule has 0 saturated carbocycles. The van der Waals surface area contributed by atoms with Crippen LogP contribution in [0, 0.1) is 22.9 Å². The molecule has 0 bridgehead atoms. The molecule has 0 radical (unpaired) electrons. The van der Waals surface area contributed by atoms with E-state index in [-0.39, 0.29) is 0 Å². The minimum atomic E-state index is 1.25. The number of carbonyl (C=O) groups excluding carboxylic acids is 1. The molecule has 0 aliphatic heterocycles. The van der Waals surface area contributed by atoms with Crippen molar-refractivity contribution in [3.8, 4) is 12.4 Å². The Morgan fingerprint density at radius 3 is 1.12 bits per heavy atom. The van der Waals surface area contributed by atoms with Gasteiger partial charge in [-0.25, -0.2) is 0 Å². The second kappa shape index (κ2) is 1520. The summed E-state index contributed by atoms with van der Waals surface area (Å²) in [6, 6.07) is 0. The Morgan fingerprint density at radius 2 is 1.12 bits per heavy atom. The zero-order chi connectivity index (χ0) is 7.41. The lowest BCUT2D eigenvalue weighted by molar-refractivity contribution is -0.0979. The van der Waals surface area contributed by atoms with E-state index < -0.39 is 0 Å². The molecular weight excluding hydrogens is 108 g/mol. The van der Waals surface area contributed by atoms with Crippen molar-refractivity contribution in [1.29, 1.82) is 10.5 Å². The van der Waals surface area contributed by atoms with E-state index in [1.807, 2.05) is 6.79 Å². The average molecular weight is 114 g/mol. The van der Waals surface area contributed by atoms with Crippen molar-refractivity contribution in [1.82, 2.24) is 0 Å². The molecule has 5 nitrogen and oxygen atoms in total. The quantitative estimate of drug-likeness (QED) is 0.299. The molecule has 0 heterocycles. The Morgan fingerprint density at radius 1 is 1.12 bits per heavy atom. The number of nitrogens with zero attached hydrogens (tertiary/aromatic N) is 2. The van der Waals surface area contributed by atoms with Gasteiger partial charge < -0.3 is 16.3 Å². The zero-order valence-electron chi connectivity index (χ0n) is 4.16. The molecule has 8 heavy (non-hydrogen) atoms. The normalized spacial score (nSPS) is 2.25. The minimum absolute atomic E-state index is 1.25. The van der Waals surface area contributed by atoms with Gasteiger partial charge in [0.1, 0.15) is 6.79 Å². The fraction of sp³-hybridized carbons (Fsp3) is 0. The van der Waals surface area contributed by atoms with Crippen LogP contribution in [0.1, 0.15) is 0 Å². The molecule has 0 spiro atoms. The van der Waals surface area contributed by atoms with Gasteiger partial charge in [-0.2, -0.15) is 10.5 Å². The molecule has 0 unspecified atom stereocenters. The maximum Gasteiger partial charge on any atom is 0.173 e. The first kappa shape index (κ1) is 16.3. The van der Waals surface area contributed by atoms with Crippen molar-refractivity contribution >= 4 is 6.79 Å². The molecular formula is C3H6N4O. The second-order valence-electron chi connectivity index (χ2n) is 0.258. The van der Waals surface area contributed by atoms with Crippen LogP contribution >= 0.6 is 0 Å². The summed E-state index contributed by atoms with van der Waals surface area (Å²) in [7, 11) is 0. The summed E-state index contributed by atoms with van der Waals surface area (Å²) in [5, 5.41) is 14.2. The van der Waals surface area contributed by atoms with Crippen LogP contribution < -0.4 is 11.5 Å². The van der Waals surface area contributed by atoms with Gasteiger partial charge in [-0.15, -0.1) is 0 Å². The topological polar surface area (TPSA) is 117 Å². The molecule has 44 valence electrons. The van der Waals surface area contributed by atoms with Crippen LogP contribution in [0.4, 0.5) is 0 Å². The summed E-state index contributed by atoms with van der Waals surface area (Å²) >= 11 is 0.